The van der Waals surface area contributed by atoms with Crippen LogP contribution in [-0.4, -0.2) is 24.4 Å². The number of hydrogen-bond acceptors (Lipinski definition) is 3. The van der Waals surface area contributed by atoms with Crippen LogP contribution in [0.1, 0.15) is 43.6 Å². The van der Waals surface area contributed by atoms with E-state index in [9.17, 15) is 5.11 Å². The van der Waals surface area contributed by atoms with Crippen molar-refractivity contribution in [3.63, 3.8) is 0 Å². The Morgan fingerprint density at radius 2 is 1.89 bits per heavy atom. The first kappa shape index (κ1) is 15.0. The van der Waals surface area contributed by atoms with Crippen LogP contribution in [-0.2, 0) is 4.74 Å². The molecule has 1 rings (SSSR count). The summed E-state index contributed by atoms with van der Waals surface area (Å²) in [5.41, 5.74) is 2.35. The molecule has 0 amide bonds. The van der Waals surface area contributed by atoms with Gasteiger partial charge in [-0.25, -0.2) is 0 Å². The first-order valence-corrected chi connectivity index (χ1v) is 6.31. The number of aryl methyl sites for hydroxylation is 1. The molecule has 1 aromatic rings. The quantitative estimate of drug-likeness (QED) is 0.875. The fraction of sp³-hybridized carbons (Fsp3) is 0.600. The average molecular weight is 252 g/mol. The van der Waals surface area contributed by atoms with Crippen molar-refractivity contribution < 1.29 is 14.6 Å². The van der Waals surface area contributed by atoms with E-state index in [1.807, 2.05) is 46.8 Å². The van der Waals surface area contributed by atoms with Gasteiger partial charge >= 0.3 is 0 Å². The Kier molecular flexibility index (Phi) is 4.77. The van der Waals surface area contributed by atoms with Crippen molar-refractivity contribution in [1.82, 2.24) is 0 Å². The van der Waals surface area contributed by atoms with Crippen molar-refractivity contribution in [2.45, 2.75) is 46.3 Å². The van der Waals surface area contributed by atoms with Crippen LogP contribution >= 0.6 is 0 Å². The summed E-state index contributed by atoms with van der Waals surface area (Å²) in [7, 11) is 1.63. The lowest BCUT2D eigenvalue weighted by atomic mass is 9.91. The molecule has 3 heteroatoms. The third kappa shape index (κ3) is 2.85. The van der Waals surface area contributed by atoms with Gasteiger partial charge < -0.3 is 14.6 Å². The molecule has 0 bridgehead atoms. The molecule has 0 saturated carbocycles. The highest BCUT2D eigenvalue weighted by molar-refractivity contribution is 5.47. The minimum absolute atomic E-state index is 0.567. The molecule has 102 valence electrons. The molecule has 0 aliphatic rings. The molecule has 0 aromatic heterocycles. The van der Waals surface area contributed by atoms with E-state index in [1.165, 1.54) is 0 Å². The Morgan fingerprint density at radius 3 is 2.39 bits per heavy atom. The number of aliphatic hydroxyl groups is 1. The first-order chi connectivity index (χ1) is 8.35. The van der Waals surface area contributed by atoms with E-state index in [4.69, 9.17) is 9.47 Å². The third-order valence-electron chi connectivity index (χ3n) is 3.38. The van der Waals surface area contributed by atoms with Crippen molar-refractivity contribution in [2.24, 2.45) is 0 Å². The molecule has 0 fully saturated rings. The molecule has 3 nitrogen and oxygen atoms in total. The molecule has 1 N–H and O–H groups in total. The summed E-state index contributed by atoms with van der Waals surface area (Å²) in [6.45, 7) is 10.3. The maximum Gasteiger partial charge on any atom is 0.127 e. The highest BCUT2D eigenvalue weighted by Gasteiger charge is 2.32. The molecular formula is C15H24O3. The zero-order valence-corrected chi connectivity index (χ0v) is 12.2. The van der Waals surface area contributed by atoms with Crippen LogP contribution in [0.2, 0.25) is 0 Å². The predicted molar refractivity (Wildman–Crippen MR) is 73.1 cm³/mol. The number of hydrogen-bond donors (Lipinski definition) is 1. The van der Waals surface area contributed by atoms with Crippen LogP contribution < -0.4 is 4.74 Å². The molecule has 0 aliphatic carbocycles. The SMILES string of the molecule is CCOC(C)(C)C(O)c1ccc(C)c(C)c1OC. The fourth-order valence-electron chi connectivity index (χ4n) is 2.12. The summed E-state index contributed by atoms with van der Waals surface area (Å²) in [6, 6.07) is 3.91. The van der Waals surface area contributed by atoms with Crippen LogP contribution in [0.3, 0.4) is 0 Å². The van der Waals surface area contributed by atoms with E-state index >= 15 is 0 Å². The van der Waals surface area contributed by atoms with Crippen molar-refractivity contribution in [3.8, 4) is 5.75 Å². The van der Waals surface area contributed by atoms with Gasteiger partial charge in [0.2, 0.25) is 0 Å². The van der Waals surface area contributed by atoms with Gasteiger partial charge in [-0.2, -0.15) is 0 Å². The van der Waals surface area contributed by atoms with Gasteiger partial charge in [0.05, 0.1) is 12.7 Å². The lowest BCUT2D eigenvalue weighted by Gasteiger charge is -2.32. The van der Waals surface area contributed by atoms with Gasteiger partial charge in [-0.1, -0.05) is 12.1 Å². The second kappa shape index (κ2) is 5.72. The minimum atomic E-state index is -0.716. The van der Waals surface area contributed by atoms with Gasteiger partial charge in [-0.15, -0.1) is 0 Å². The van der Waals surface area contributed by atoms with Gasteiger partial charge in [-0.3, -0.25) is 0 Å². The summed E-state index contributed by atoms with van der Waals surface area (Å²) in [5, 5.41) is 10.5. The molecule has 1 unspecified atom stereocenters. The number of rotatable bonds is 5. The normalized spacial score (nSPS) is 13.5. The van der Waals surface area contributed by atoms with Crippen LogP contribution in [0.4, 0.5) is 0 Å². The highest BCUT2D eigenvalue weighted by Crippen LogP contribution is 2.37. The van der Waals surface area contributed by atoms with E-state index < -0.39 is 11.7 Å². The molecular weight excluding hydrogens is 228 g/mol. The molecule has 0 aliphatic heterocycles. The van der Waals surface area contributed by atoms with Crippen LogP contribution in [0.25, 0.3) is 0 Å². The lowest BCUT2D eigenvalue weighted by Crippen LogP contribution is -2.33. The standard InChI is InChI=1S/C15H24O3/c1-7-18-15(4,5)14(16)12-9-8-10(2)11(3)13(12)17-6/h8-9,14,16H,7H2,1-6H3. The van der Waals surface area contributed by atoms with Crippen molar-refractivity contribution in [1.29, 1.82) is 0 Å². The largest absolute Gasteiger partial charge is 0.496 e. The van der Waals surface area contributed by atoms with Crippen LogP contribution in [0.5, 0.6) is 5.75 Å². The average Bonchev–Trinajstić information content (AvgIpc) is 2.31. The molecule has 1 aromatic carbocycles. The van der Waals surface area contributed by atoms with Crippen molar-refractivity contribution in [3.05, 3.63) is 28.8 Å². The maximum absolute atomic E-state index is 10.5. The Hall–Kier alpha value is -1.06. The second-order valence-electron chi connectivity index (χ2n) is 5.07. The van der Waals surface area contributed by atoms with Gasteiger partial charge in [0.15, 0.2) is 0 Å². The van der Waals surface area contributed by atoms with E-state index in [0.717, 1.165) is 22.4 Å². The Balaban J connectivity index is 3.21. The first-order valence-electron chi connectivity index (χ1n) is 6.31. The number of benzene rings is 1. The van der Waals surface area contributed by atoms with Crippen LogP contribution in [0.15, 0.2) is 12.1 Å². The lowest BCUT2D eigenvalue weighted by molar-refractivity contribution is -0.0989. The smallest absolute Gasteiger partial charge is 0.127 e. The molecule has 0 spiro atoms. The van der Waals surface area contributed by atoms with Gasteiger partial charge in [-0.05, 0) is 45.7 Å². The highest BCUT2D eigenvalue weighted by atomic mass is 16.5. The maximum atomic E-state index is 10.5. The fourth-order valence-corrected chi connectivity index (χ4v) is 2.12. The van der Waals surface area contributed by atoms with Gasteiger partial charge in [0.25, 0.3) is 0 Å². The Bertz CT molecular complexity index is 410. The molecule has 1 atom stereocenters. The zero-order chi connectivity index (χ0) is 13.9. The number of aliphatic hydroxyl groups excluding tert-OH is 1. The van der Waals surface area contributed by atoms with Crippen molar-refractivity contribution >= 4 is 0 Å². The minimum Gasteiger partial charge on any atom is -0.496 e. The van der Waals surface area contributed by atoms with Crippen LogP contribution in [0, 0.1) is 13.8 Å². The topological polar surface area (TPSA) is 38.7 Å². The predicted octanol–water partition coefficient (Wildman–Crippen LogP) is 3.16. The molecule has 0 heterocycles. The number of methoxy groups -OCH3 is 1. The molecule has 0 saturated heterocycles. The van der Waals surface area contributed by atoms with Gasteiger partial charge in [0, 0.05) is 12.2 Å². The molecule has 0 radical (unpaired) electrons. The Morgan fingerprint density at radius 1 is 1.28 bits per heavy atom. The third-order valence-corrected chi connectivity index (χ3v) is 3.38. The summed E-state index contributed by atoms with van der Waals surface area (Å²) in [4.78, 5) is 0. The summed E-state index contributed by atoms with van der Waals surface area (Å²) in [6.07, 6.45) is -0.716. The van der Waals surface area contributed by atoms with E-state index in [1.54, 1.807) is 7.11 Å². The summed E-state index contributed by atoms with van der Waals surface area (Å²) in [5.74, 6) is 0.746. The number of ether oxygens (including phenoxy) is 2. The van der Waals surface area contributed by atoms with Gasteiger partial charge in [0.1, 0.15) is 11.9 Å². The second-order valence-corrected chi connectivity index (χ2v) is 5.07. The van der Waals surface area contributed by atoms with E-state index in [0.29, 0.717) is 6.61 Å². The summed E-state index contributed by atoms with van der Waals surface area (Å²) >= 11 is 0. The van der Waals surface area contributed by atoms with E-state index in [-0.39, 0.29) is 0 Å². The van der Waals surface area contributed by atoms with E-state index in [2.05, 4.69) is 0 Å². The Labute approximate surface area is 110 Å². The van der Waals surface area contributed by atoms with Crippen molar-refractivity contribution in [2.75, 3.05) is 13.7 Å². The molecule has 18 heavy (non-hydrogen) atoms. The zero-order valence-electron chi connectivity index (χ0n) is 12.2. The summed E-state index contributed by atoms with van der Waals surface area (Å²) < 4.78 is 11.0. The monoisotopic (exact) mass is 252 g/mol.